The molecule has 4 aromatic rings. The van der Waals surface area contributed by atoms with Gasteiger partial charge in [0.25, 0.3) is 5.91 Å². The molecule has 172 valence electrons. The Morgan fingerprint density at radius 3 is 2.56 bits per heavy atom. The predicted molar refractivity (Wildman–Crippen MR) is 131 cm³/mol. The molecule has 0 aliphatic heterocycles. The second-order valence-electron chi connectivity index (χ2n) is 7.46. The molecule has 2 N–H and O–H groups in total. The van der Waals surface area contributed by atoms with Crippen LogP contribution >= 0.6 is 12.2 Å². The Balaban J connectivity index is 1.42. The largest absolute Gasteiger partial charge is 0.496 e. The molecule has 0 saturated heterocycles. The highest BCUT2D eigenvalue weighted by molar-refractivity contribution is 7.71. The van der Waals surface area contributed by atoms with E-state index < -0.39 is 5.97 Å². The first-order chi connectivity index (χ1) is 16.4. The third kappa shape index (κ3) is 5.21. The summed E-state index contributed by atoms with van der Waals surface area (Å²) in [6.45, 7) is 1.87. The van der Waals surface area contributed by atoms with E-state index >= 15 is 0 Å². The van der Waals surface area contributed by atoms with Gasteiger partial charge in [0.05, 0.1) is 12.7 Å². The van der Waals surface area contributed by atoms with Crippen LogP contribution in [0.4, 0.5) is 5.69 Å². The number of carbonyl (C=O) groups is 2. The maximum atomic E-state index is 12.6. The fraction of sp³-hybridized carbons (Fsp3) is 0.120. The Morgan fingerprint density at radius 1 is 1.06 bits per heavy atom. The number of esters is 1. The zero-order chi connectivity index (χ0) is 24.1. The normalized spacial score (nSPS) is 10.5. The lowest BCUT2D eigenvalue weighted by Gasteiger charge is -2.10. The quantitative estimate of drug-likeness (QED) is 0.227. The van der Waals surface area contributed by atoms with E-state index in [0.29, 0.717) is 33.3 Å². The second-order valence-corrected chi connectivity index (χ2v) is 7.85. The van der Waals surface area contributed by atoms with Crippen molar-refractivity contribution in [2.75, 3.05) is 12.4 Å². The first-order valence-corrected chi connectivity index (χ1v) is 10.8. The standard InChI is InChI=1S/C25H22N4O4S/c1-16-6-5-7-17(14-16)23-27-28-25(34)29(23)15-22(30)33-19-12-10-18(11-13-19)26-24(31)20-8-3-4-9-21(20)32-2/h3-14H,15H2,1-2H3,(H,26,31)(H,28,34). The number of aromatic amines is 1. The van der Waals surface area contributed by atoms with Crippen LogP contribution in [-0.2, 0) is 11.3 Å². The number of para-hydroxylation sites is 1. The molecule has 4 rings (SSSR count). The van der Waals surface area contributed by atoms with Crippen molar-refractivity contribution in [3.8, 4) is 22.9 Å². The summed E-state index contributed by atoms with van der Waals surface area (Å²) in [6.07, 6.45) is 0. The molecular weight excluding hydrogens is 452 g/mol. The molecule has 0 aliphatic rings. The molecule has 0 bridgehead atoms. The number of aryl methyl sites for hydroxylation is 1. The molecule has 8 nitrogen and oxygen atoms in total. The topological polar surface area (TPSA) is 98.2 Å². The average Bonchev–Trinajstić information content (AvgIpc) is 3.20. The van der Waals surface area contributed by atoms with Gasteiger partial charge in [0.15, 0.2) is 10.6 Å². The van der Waals surface area contributed by atoms with Gasteiger partial charge in [0.1, 0.15) is 18.0 Å². The minimum absolute atomic E-state index is 0.106. The highest BCUT2D eigenvalue weighted by atomic mass is 32.1. The molecule has 1 heterocycles. The van der Waals surface area contributed by atoms with Crippen molar-refractivity contribution >= 4 is 29.8 Å². The van der Waals surface area contributed by atoms with Gasteiger partial charge in [-0.2, -0.15) is 5.10 Å². The minimum Gasteiger partial charge on any atom is -0.496 e. The van der Waals surface area contributed by atoms with Crippen LogP contribution < -0.4 is 14.8 Å². The van der Waals surface area contributed by atoms with E-state index in [9.17, 15) is 9.59 Å². The van der Waals surface area contributed by atoms with Crippen LogP contribution in [0, 0.1) is 11.7 Å². The number of nitrogens with zero attached hydrogens (tertiary/aromatic N) is 2. The summed E-state index contributed by atoms with van der Waals surface area (Å²) < 4.78 is 12.6. The number of carbonyl (C=O) groups excluding carboxylic acids is 2. The van der Waals surface area contributed by atoms with Gasteiger partial charge in [-0.25, -0.2) is 4.79 Å². The van der Waals surface area contributed by atoms with E-state index in [1.54, 1.807) is 53.1 Å². The lowest BCUT2D eigenvalue weighted by molar-refractivity contribution is -0.135. The van der Waals surface area contributed by atoms with Gasteiger partial charge >= 0.3 is 5.97 Å². The number of hydrogen-bond donors (Lipinski definition) is 2. The third-order valence-corrected chi connectivity index (χ3v) is 5.33. The highest BCUT2D eigenvalue weighted by Crippen LogP contribution is 2.22. The number of H-pyrrole nitrogens is 1. The molecule has 1 amide bonds. The molecule has 0 atom stereocenters. The molecule has 0 radical (unpaired) electrons. The Morgan fingerprint density at radius 2 is 1.82 bits per heavy atom. The van der Waals surface area contributed by atoms with Crippen LogP contribution in [0.15, 0.2) is 72.8 Å². The summed E-state index contributed by atoms with van der Waals surface area (Å²) in [5.41, 5.74) is 2.88. The Kier molecular flexibility index (Phi) is 6.84. The first kappa shape index (κ1) is 22.9. The van der Waals surface area contributed by atoms with Crippen molar-refractivity contribution in [2.24, 2.45) is 0 Å². The van der Waals surface area contributed by atoms with Crippen LogP contribution in [-0.4, -0.2) is 33.8 Å². The predicted octanol–water partition coefficient (Wildman–Crippen LogP) is 4.78. The maximum absolute atomic E-state index is 12.6. The number of benzene rings is 3. The SMILES string of the molecule is COc1ccccc1C(=O)Nc1ccc(OC(=O)Cn2c(-c3cccc(C)c3)n[nH]c2=S)cc1. The summed E-state index contributed by atoms with van der Waals surface area (Å²) in [4.78, 5) is 25.1. The Hall–Kier alpha value is -4.24. The van der Waals surface area contributed by atoms with Crippen LogP contribution in [0.5, 0.6) is 11.5 Å². The second kappa shape index (κ2) is 10.1. The van der Waals surface area contributed by atoms with Crippen LogP contribution in [0.3, 0.4) is 0 Å². The molecule has 9 heteroatoms. The zero-order valence-corrected chi connectivity index (χ0v) is 19.4. The van der Waals surface area contributed by atoms with Gasteiger partial charge in [-0.3, -0.25) is 14.5 Å². The summed E-state index contributed by atoms with van der Waals surface area (Å²) in [5.74, 6) is 0.568. The van der Waals surface area contributed by atoms with Crippen LogP contribution in [0.2, 0.25) is 0 Å². The molecule has 0 unspecified atom stereocenters. The molecule has 1 aromatic heterocycles. The van der Waals surface area contributed by atoms with Crippen LogP contribution in [0.25, 0.3) is 11.4 Å². The number of anilines is 1. The molecule has 34 heavy (non-hydrogen) atoms. The van der Waals surface area contributed by atoms with Gasteiger partial charge in [-0.1, -0.05) is 35.9 Å². The van der Waals surface area contributed by atoms with Crippen molar-refractivity contribution in [1.82, 2.24) is 14.8 Å². The number of rotatable bonds is 7. The van der Waals surface area contributed by atoms with Crippen molar-refractivity contribution in [3.05, 3.63) is 88.7 Å². The number of aromatic nitrogens is 3. The molecule has 3 aromatic carbocycles. The Labute approximate surface area is 201 Å². The summed E-state index contributed by atoms with van der Waals surface area (Å²) in [7, 11) is 1.51. The molecule has 0 saturated carbocycles. The first-order valence-electron chi connectivity index (χ1n) is 10.4. The van der Waals surface area contributed by atoms with Crippen molar-refractivity contribution in [2.45, 2.75) is 13.5 Å². The molecule has 0 fully saturated rings. The van der Waals surface area contributed by atoms with Crippen LogP contribution in [0.1, 0.15) is 15.9 Å². The lowest BCUT2D eigenvalue weighted by atomic mass is 10.1. The number of methoxy groups -OCH3 is 1. The number of hydrogen-bond acceptors (Lipinski definition) is 6. The maximum Gasteiger partial charge on any atom is 0.331 e. The smallest absolute Gasteiger partial charge is 0.331 e. The third-order valence-electron chi connectivity index (χ3n) is 5.02. The Bertz CT molecular complexity index is 1390. The van der Waals surface area contributed by atoms with Gasteiger partial charge < -0.3 is 14.8 Å². The van der Waals surface area contributed by atoms with Gasteiger partial charge in [0, 0.05) is 11.3 Å². The average molecular weight is 475 g/mol. The van der Waals surface area contributed by atoms with E-state index in [4.69, 9.17) is 21.7 Å². The van der Waals surface area contributed by atoms with E-state index in [1.807, 2.05) is 31.2 Å². The number of ether oxygens (including phenoxy) is 2. The van der Waals surface area contributed by atoms with E-state index in [-0.39, 0.29) is 12.5 Å². The minimum atomic E-state index is -0.503. The molecule has 0 spiro atoms. The summed E-state index contributed by atoms with van der Waals surface area (Å²) in [6, 6.07) is 21.2. The monoisotopic (exact) mass is 474 g/mol. The fourth-order valence-electron chi connectivity index (χ4n) is 3.40. The molecule has 0 aliphatic carbocycles. The number of nitrogens with one attached hydrogen (secondary N) is 2. The van der Waals surface area contributed by atoms with Gasteiger partial charge in [-0.15, -0.1) is 0 Å². The van der Waals surface area contributed by atoms with E-state index in [0.717, 1.165) is 11.1 Å². The lowest BCUT2D eigenvalue weighted by Crippen LogP contribution is -2.17. The van der Waals surface area contributed by atoms with Crippen molar-refractivity contribution in [1.29, 1.82) is 0 Å². The molecular formula is C25H22N4O4S. The van der Waals surface area contributed by atoms with Gasteiger partial charge in [0.2, 0.25) is 0 Å². The summed E-state index contributed by atoms with van der Waals surface area (Å²) in [5, 5.41) is 9.78. The van der Waals surface area contributed by atoms with Crippen molar-refractivity contribution in [3.63, 3.8) is 0 Å². The number of amides is 1. The van der Waals surface area contributed by atoms with E-state index in [2.05, 4.69) is 15.5 Å². The van der Waals surface area contributed by atoms with Gasteiger partial charge in [-0.05, 0) is 61.6 Å². The fourth-order valence-corrected chi connectivity index (χ4v) is 3.60. The zero-order valence-electron chi connectivity index (χ0n) is 18.6. The van der Waals surface area contributed by atoms with E-state index in [1.165, 1.54) is 7.11 Å². The highest BCUT2D eigenvalue weighted by Gasteiger charge is 2.15. The summed E-state index contributed by atoms with van der Waals surface area (Å²) >= 11 is 5.29. The van der Waals surface area contributed by atoms with Crippen molar-refractivity contribution < 1.29 is 19.1 Å².